The Morgan fingerprint density at radius 2 is 1.15 bits per heavy atom. The van der Waals surface area contributed by atoms with Gasteiger partial charge in [-0.1, -0.05) is 115 Å². The van der Waals surface area contributed by atoms with Crippen LogP contribution in [0.5, 0.6) is 0 Å². The normalized spacial score (nSPS) is 11.3. The molecular weight excluding hydrogens is 601 g/mol. The molecule has 2 heterocycles. The van der Waals surface area contributed by atoms with Crippen LogP contribution >= 0.6 is 11.3 Å². The SMILES string of the molecule is [C-]#[N+]c1cc(-c2ccc3sccc3c2)c2c(c1)c1c(-c3ccccc3)c(-c3ccccc3)c(-c3ccccc3)cc1n2-c1ccccc1. The Balaban J connectivity index is 1.56. The van der Waals surface area contributed by atoms with Gasteiger partial charge in [-0.25, -0.2) is 4.85 Å². The predicted octanol–water partition coefficient (Wildman–Crippen LogP) is 13.2. The number of aromatic nitrogens is 1. The van der Waals surface area contributed by atoms with Crippen LogP contribution in [0.25, 0.3) is 86.9 Å². The van der Waals surface area contributed by atoms with E-state index in [0.29, 0.717) is 5.69 Å². The average molecular weight is 629 g/mol. The molecule has 3 heteroatoms. The molecule has 48 heavy (non-hydrogen) atoms. The van der Waals surface area contributed by atoms with Gasteiger partial charge in [-0.15, -0.1) is 11.3 Å². The Kier molecular flexibility index (Phi) is 6.75. The Bertz CT molecular complexity index is 2640. The Morgan fingerprint density at radius 1 is 0.521 bits per heavy atom. The summed E-state index contributed by atoms with van der Waals surface area (Å²) >= 11 is 1.75. The van der Waals surface area contributed by atoms with Crippen molar-refractivity contribution in [1.29, 1.82) is 0 Å². The molecule has 0 aliphatic rings. The number of benzene rings is 7. The first kappa shape index (κ1) is 28.0. The number of fused-ring (bicyclic) bond motifs is 4. The Morgan fingerprint density at radius 3 is 1.81 bits per heavy atom. The number of hydrogen-bond acceptors (Lipinski definition) is 1. The van der Waals surface area contributed by atoms with Crippen LogP contribution in [0.15, 0.2) is 169 Å². The predicted molar refractivity (Wildman–Crippen MR) is 204 cm³/mol. The lowest BCUT2D eigenvalue weighted by Gasteiger charge is -2.19. The minimum atomic E-state index is 0.627. The molecule has 0 fully saturated rings. The highest BCUT2D eigenvalue weighted by molar-refractivity contribution is 7.17. The first-order chi connectivity index (χ1) is 23.8. The second-order valence-electron chi connectivity index (χ2n) is 12.0. The molecule has 0 amide bonds. The van der Waals surface area contributed by atoms with Crippen LogP contribution in [0, 0.1) is 6.57 Å². The standard InChI is InChI=1S/C45H28N2S/c1-46-35-27-38(33-22-23-41-34(26-33)24-25-48-41)45-39(28-35)44-40(47(45)36-20-12-5-13-21-36)29-37(30-14-6-2-7-15-30)42(31-16-8-3-9-17-31)43(44)32-18-10-4-11-19-32/h2-29H. The molecule has 224 valence electrons. The van der Waals surface area contributed by atoms with Gasteiger partial charge in [0.15, 0.2) is 5.69 Å². The zero-order valence-electron chi connectivity index (χ0n) is 26.0. The van der Waals surface area contributed by atoms with Crippen molar-refractivity contribution in [3.63, 3.8) is 0 Å². The zero-order valence-corrected chi connectivity index (χ0v) is 26.8. The Hall–Kier alpha value is -6.21. The van der Waals surface area contributed by atoms with E-state index in [2.05, 4.69) is 179 Å². The lowest BCUT2D eigenvalue weighted by molar-refractivity contribution is 1.18. The van der Waals surface area contributed by atoms with Crippen LogP contribution < -0.4 is 0 Å². The van der Waals surface area contributed by atoms with Crippen LogP contribution in [-0.2, 0) is 0 Å². The minimum Gasteiger partial charge on any atom is -0.309 e. The smallest absolute Gasteiger partial charge is 0.188 e. The van der Waals surface area contributed by atoms with Crippen molar-refractivity contribution in [2.75, 3.05) is 0 Å². The van der Waals surface area contributed by atoms with E-state index in [-0.39, 0.29) is 0 Å². The summed E-state index contributed by atoms with van der Waals surface area (Å²) in [7, 11) is 0. The maximum Gasteiger partial charge on any atom is 0.188 e. The summed E-state index contributed by atoms with van der Waals surface area (Å²) < 4.78 is 3.67. The van der Waals surface area contributed by atoms with Gasteiger partial charge >= 0.3 is 0 Å². The first-order valence-corrected chi connectivity index (χ1v) is 16.9. The zero-order chi connectivity index (χ0) is 32.0. The Labute approximate surface area is 283 Å². The molecule has 0 saturated carbocycles. The molecule has 9 aromatic rings. The van der Waals surface area contributed by atoms with E-state index in [9.17, 15) is 0 Å². The molecule has 0 unspecified atom stereocenters. The van der Waals surface area contributed by atoms with E-state index in [1.807, 2.05) is 0 Å². The van der Waals surface area contributed by atoms with Gasteiger partial charge in [0.05, 0.1) is 17.6 Å². The van der Waals surface area contributed by atoms with E-state index in [4.69, 9.17) is 6.57 Å². The van der Waals surface area contributed by atoms with Crippen LogP contribution in [0.3, 0.4) is 0 Å². The summed E-state index contributed by atoms with van der Waals surface area (Å²) in [6.45, 7) is 8.22. The van der Waals surface area contributed by atoms with E-state index in [0.717, 1.165) is 55.3 Å². The number of thiophene rings is 1. The highest BCUT2D eigenvalue weighted by Crippen LogP contribution is 2.50. The topological polar surface area (TPSA) is 9.29 Å². The maximum atomic E-state index is 8.22. The van der Waals surface area contributed by atoms with Gasteiger partial charge in [-0.2, -0.15) is 0 Å². The van der Waals surface area contributed by atoms with Crippen molar-refractivity contribution in [2.24, 2.45) is 0 Å². The third-order valence-corrected chi connectivity index (χ3v) is 10.1. The molecule has 0 radical (unpaired) electrons. The lowest BCUT2D eigenvalue weighted by Crippen LogP contribution is -1.97. The maximum absolute atomic E-state index is 8.22. The van der Waals surface area contributed by atoms with Crippen molar-refractivity contribution in [3.05, 3.63) is 181 Å². The van der Waals surface area contributed by atoms with E-state index in [1.165, 1.54) is 26.8 Å². The lowest BCUT2D eigenvalue weighted by atomic mass is 9.84. The van der Waals surface area contributed by atoms with Crippen molar-refractivity contribution < 1.29 is 0 Å². The van der Waals surface area contributed by atoms with Gasteiger partial charge in [0, 0.05) is 21.3 Å². The van der Waals surface area contributed by atoms with Crippen molar-refractivity contribution in [1.82, 2.24) is 4.57 Å². The quantitative estimate of drug-likeness (QED) is 0.168. The van der Waals surface area contributed by atoms with Gasteiger partial charge in [-0.05, 0) is 104 Å². The molecule has 0 spiro atoms. The molecule has 0 aliphatic heterocycles. The van der Waals surface area contributed by atoms with Crippen molar-refractivity contribution >= 4 is 48.9 Å². The first-order valence-electron chi connectivity index (χ1n) is 16.0. The molecule has 7 aromatic carbocycles. The summed E-state index contributed by atoms with van der Waals surface area (Å²) in [5, 5.41) is 5.56. The summed E-state index contributed by atoms with van der Waals surface area (Å²) in [6, 6.07) is 58.2. The average Bonchev–Trinajstić information content (AvgIpc) is 3.77. The fourth-order valence-electron chi connectivity index (χ4n) is 7.20. The van der Waals surface area contributed by atoms with Crippen LogP contribution in [0.1, 0.15) is 0 Å². The third-order valence-electron chi connectivity index (χ3n) is 9.25. The number of rotatable bonds is 5. The minimum absolute atomic E-state index is 0.627. The largest absolute Gasteiger partial charge is 0.309 e. The molecule has 0 saturated heterocycles. The number of para-hydroxylation sites is 1. The summed E-state index contributed by atoms with van der Waals surface area (Å²) in [4.78, 5) is 4.04. The van der Waals surface area contributed by atoms with Crippen LogP contribution in [-0.4, -0.2) is 4.57 Å². The van der Waals surface area contributed by atoms with E-state index >= 15 is 0 Å². The highest BCUT2D eigenvalue weighted by atomic mass is 32.1. The summed E-state index contributed by atoms with van der Waals surface area (Å²) in [5.41, 5.74) is 13.0. The molecule has 0 bridgehead atoms. The third kappa shape index (κ3) is 4.54. The molecule has 2 aromatic heterocycles. The van der Waals surface area contributed by atoms with Gasteiger partial charge < -0.3 is 4.57 Å². The van der Waals surface area contributed by atoms with E-state index in [1.54, 1.807) is 11.3 Å². The van der Waals surface area contributed by atoms with Crippen molar-refractivity contribution in [2.45, 2.75) is 0 Å². The van der Waals surface area contributed by atoms with Crippen LogP contribution in [0.2, 0.25) is 0 Å². The van der Waals surface area contributed by atoms with Gasteiger partial charge in [-0.3, -0.25) is 0 Å². The van der Waals surface area contributed by atoms with Gasteiger partial charge in [0.1, 0.15) is 0 Å². The van der Waals surface area contributed by atoms with E-state index < -0.39 is 0 Å². The summed E-state index contributed by atoms with van der Waals surface area (Å²) in [5.74, 6) is 0. The molecule has 2 nitrogen and oxygen atoms in total. The van der Waals surface area contributed by atoms with Gasteiger partial charge in [0.25, 0.3) is 0 Å². The highest BCUT2D eigenvalue weighted by Gasteiger charge is 2.25. The number of hydrogen-bond donors (Lipinski definition) is 0. The summed E-state index contributed by atoms with van der Waals surface area (Å²) in [6.07, 6.45) is 0. The molecule has 0 aliphatic carbocycles. The fourth-order valence-corrected chi connectivity index (χ4v) is 7.97. The monoisotopic (exact) mass is 628 g/mol. The second kappa shape index (κ2) is 11.5. The molecule has 9 rings (SSSR count). The second-order valence-corrected chi connectivity index (χ2v) is 13.0. The molecular formula is C45H28N2S. The number of nitrogens with zero attached hydrogens (tertiary/aromatic N) is 2. The molecule has 0 atom stereocenters. The fraction of sp³-hybridized carbons (Fsp3) is 0. The van der Waals surface area contributed by atoms with Crippen LogP contribution in [0.4, 0.5) is 5.69 Å². The molecule has 0 N–H and O–H groups in total. The van der Waals surface area contributed by atoms with Crippen molar-refractivity contribution in [3.8, 4) is 50.2 Å². The van der Waals surface area contributed by atoms with Gasteiger partial charge in [0.2, 0.25) is 0 Å².